The molecular weight excluding hydrogens is 223 g/mol. The molecule has 1 aliphatic rings. The van der Waals surface area contributed by atoms with Gasteiger partial charge in [0.05, 0.1) is 0 Å². The lowest BCUT2D eigenvalue weighted by molar-refractivity contribution is -0.144. The highest BCUT2D eigenvalue weighted by Gasteiger charge is 2.36. The summed E-state index contributed by atoms with van der Waals surface area (Å²) >= 11 is 0. The third-order valence-corrected chi connectivity index (χ3v) is 2.96. The summed E-state index contributed by atoms with van der Waals surface area (Å²) in [5.74, 6) is -0.916. The predicted octanol–water partition coefficient (Wildman–Crippen LogP) is 2.12. The van der Waals surface area contributed by atoms with Gasteiger partial charge in [-0.3, -0.25) is 9.69 Å². The Kier molecular flexibility index (Phi) is 4.18. The molecule has 0 aliphatic carbocycles. The molecule has 2 unspecified atom stereocenters. The van der Waals surface area contributed by atoms with E-state index in [0.29, 0.717) is 6.54 Å². The molecular formula is C10H16F3NO2. The number of halogens is 3. The van der Waals surface area contributed by atoms with E-state index in [-0.39, 0.29) is 18.9 Å². The highest BCUT2D eigenvalue weighted by atomic mass is 19.4. The highest BCUT2D eigenvalue weighted by molar-refractivity contribution is 5.74. The van der Waals surface area contributed by atoms with Gasteiger partial charge in [-0.15, -0.1) is 0 Å². The Balaban J connectivity index is 2.39. The molecule has 16 heavy (non-hydrogen) atoms. The number of alkyl halides is 3. The molecule has 0 bridgehead atoms. The maximum Gasteiger partial charge on any atom is 0.389 e. The molecule has 1 rings (SSSR count). The quantitative estimate of drug-likeness (QED) is 0.817. The number of hydrogen-bond acceptors (Lipinski definition) is 2. The predicted molar refractivity (Wildman–Crippen MR) is 52.1 cm³/mol. The van der Waals surface area contributed by atoms with Crippen molar-refractivity contribution in [2.24, 2.45) is 5.92 Å². The Morgan fingerprint density at radius 1 is 1.50 bits per heavy atom. The second kappa shape index (κ2) is 5.03. The summed E-state index contributed by atoms with van der Waals surface area (Å²) in [5, 5.41) is 8.95. The van der Waals surface area contributed by atoms with E-state index in [9.17, 15) is 18.0 Å². The normalized spacial score (nSPS) is 27.2. The molecule has 3 nitrogen and oxygen atoms in total. The first-order valence-corrected chi connectivity index (χ1v) is 5.35. The van der Waals surface area contributed by atoms with Crippen LogP contribution in [0.4, 0.5) is 13.2 Å². The number of hydrogen-bond donors (Lipinski definition) is 1. The molecule has 1 fully saturated rings. The van der Waals surface area contributed by atoms with Gasteiger partial charge in [0.2, 0.25) is 0 Å². The van der Waals surface area contributed by atoms with E-state index in [1.54, 1.807) is 4.90 Å². The molecule has 0 aromatic carbocycles. The summed E-state index contributed by atoms with van der Waals surface area (Å²) in [6.07, 6.45) is -4.28. The van der Waals surface area contributed by atoms with E-state index in [2.05, 4.69) is 0 Å². The van der Waals surface area contributed by atoms with E-state index in [4.69, 9.17) is 5.11 Å². The molecule has 0 spiro atoms. The van der Waals surface area contributed by atoms with Gasteiger partial charge in [-0.25, -0.2) is 0 Å². The Bertz CT molecular complexity index is 255. The molecule has 6 heteroatoms. The van der Waals surface area contributed by atoms with E-state index in [1.165, 1.54) is 0 Å². The van der Waals surface area contributed by atoms with Crippen LogP contribution in [0.3, 0.4) is 0 Å². The van der Waals surface area contributed by atoms with E-state index in [1.807, 2.05) is 6.92 Å². The number of aliphatic carboxylic acids is 1. The van der Waals surface area contributed by atoms with Crippen LogP contribution in [0, 0.1) is 5.92 Å². The fraction of sp³-hybridized carbons (Fsp3) is 0.900. The molecule has 1 saturated heterocycles. The van der Waals surface area contributed by atoms with Crippen LogP contribution in [0.25, 0.3) is 0 Å². The summed E-state index contributed by atoms with van der Waals surface area (Å²) < 4.78 is 35.8. The van der Waals surface area contributed by atoms with Crippen molar-refractivity contribution in [3.8, 4) is 0 Å². The summed E-state index contributed by atoms with van der Waals surface area (Å²) in [4.78, 5) is 12.6. The van der Waals surface area contributed by atoms with E-state index < -0.39 is 24.6 Å². The summed E-state index contributed by atoms with van der Waals surface area (Å²) in [6, 6.07) is -0.617. The molecule has 0 saturated carbocycles. The van der Waals surface area contributed by atoms with Crippen molar-refractivity contribution in [3.05, 3.63) is 0 Å². The highest BCUT2D eigenvalue weighted by Crippen LogP contribution is 2.26. The van der Waals surface area contributed by atoms with Crippen molar-refractivity contribution >= 4 is 5.97 Å². The SMILES string of the molecule is CC1CCN(CCCC(F)(F)F)C1C(=O)O. The summed E-state index contributed by atoms with van der Waals surface area (Å²) in [7, 11) is 0. The number of carboxylic acids is 1. The standard InChI is InChI=1S/C10H16F3NO2/c1-7-3-6-14(8(7)9(15)16)5-2-4-10(11,12)13/h7-8H,2-6H2,1H3,(H,15,16). The average Bonchev–Trinajstić information content (AvgIpc) is 2.44. The minimum atomic E-state index is -4.15. The molecule has 0 radical (unpaired) electrons. The lowest BCUT2D eigenvalue weighted by atomic mass is 10.0. The molecule has 2 atom stereocenters. The van der Waals surface area contributed by atoms with Gasteiger partial charge in [0.1, 0.15) is 6.04 Å². The zero-order valence-electron chi connectivity index (χ0n) is 9.13. The maximum absolute atomic E-state index is 11.9. The minimum Gasteiger partial charge on any atom is -0.480 e. The molecule has 1 aliphatic heterocycles. The molecule has 94 valence electrons. The van der Waals surface area contributed by atoms with Crippen molar-refractivity contribution in [1.29, 1.82) is 0 Å². The van der Waals surface area contributed by atoms with Crippen molar-refractivity contribution < 1.29 is 23.1 Å². The van der Waals surface area contributed by atoms with Gasteiger partial charge in [0, 0.05) is 6.42 Å². The van der Waals surface area contributed by atoms with Crippen LogP contribution in [0.2, 0.25) is 0 Å². The van der Waals surface area contributed by atoms with Gasteiger partial charge in [-0.05, 0) is 31.8 Å². The van der Waals surface area contributed by atoms with Gasteiger partial charge >= 0.3 is 12.1 Å². The largest absolute Gasteiger partial charge is 0.480 e. The maximum atomic E-state index is 11.9. The topological polar surface area (TPSA) is 40.5 Å². The monoisotopic (exact) mass is 239 g/mol. The summed E-state index contributed by atoms with van der Waals surface area (Å²) in [5.41, 5.74) is 0. The minimum absolute atomic E-state index is 0.0170. The van der Waals surface area contributed by atoms with Crippen LogP contribution >= 0.6 is 0 Å². The van der Waals surface area contributed by atoms with Crippen molar-refractivity contribution in [3.63, 3.8) is 0 Å². The fourth-order valence-corrected chi connectivity index (χ4v) is 2.16. The fourth-order valence-electron chi connectivity index (χ4n) is 2.16. The lowest BCUT2D eigenvalue weighted by Gasteiger charge is -2.23. The zero-order chi connectivity index (χ0) is 12.3. The van der Waals surface area contributed by atoms with Crippen LogP contribution in [0.5, 0.6) is 0 Å². The number of rotatable bonds is 4. The Labute approximate surface area is 92.2 Å². The van der Waals surface area contributed by atoms with Gasteiger partial charge in [-0.2, -0.15) is 13.2 Å². The van der Waals surface area contributed by atoms with Crippen molar-refractivity contribution in [2.45, 2.75) is 38.4 Å². The number of carboxylic acid groups (broad SMARTS) is 1. The molecule has 1 N–H and O–H groups in total. The third kappa shape index (κ3) is 3.66. The molecule has 0 aromatic heterocycles. The number of likely N-dealkylation sites (tertiary alicyclic amines) is 1. The zero-order valence-corrected chi connectivity index (χ0v) is 9.13. The van der Waals surface area contributed by atoms with Gasteiger partial charge in [0.25, 0.3) is 0 Å². The molecule has 1 heterocycles. The van der Waals surface area contributed by atoms with Crippen LogP contribution < -0.4 is 0 Å². The Morgan fingerprint density at radius 2 is 2.12 bits per heavy atom. The second-order valence-electron chi connectivity index (χ2n) is 4.30. The Hall–Kier alpha value is -0.780. The van der Waals surface area contributed by atoms with Gasteiger partial charge in [0.15, 0.2) is 0 Å². The van der Waals surface area contributed by atoms with Gasteiger partial charge in [-0.1, -0.05) is 6.92 Å². The van der Waals surface area contributed by atoms with Crippen LogP contribution in [-0.2, 0) is 4.79 Å². The first-order chi connectivity index (χ1) is 7.31. The van der Waals surface area contributed by atoms with E-state index in [0.717, 1.165) is 6.42 Å². The van der Waals surface area contributed by atoms with Crippen molar-refractivity contribution in [1.82, 2.24) is 4.90 Å². The van der Waals surface area contributed by atoms with Crippen LogP contribution in [0.1, 0.15) is 26.2 Å². The Morgan fingerprint density at radius 3 is 2.62 bits per heavy atom. The lowest BCUT2D eigenvalue weighted by Crippen LogP contribution is -2.39. The van der Waals surface area contributed by atoms with Gasteiger partial charge < -0.3 is 5.11 Å². The number of carbonyl (C=O) groups is 1. The first-order valence-electron chi connectivity index (χ1n) is 5.35. The smallest absolute Gasteiger partial charge is 0.389 e. The number of nitrogens with zero attached hydrogens (tertiary/aromatic N) is 1. The van der Waals surface area contributed by atoms with E-state index >= 15 is 0 Å². The molecule has 0 amide bonds. The summed E-state index contributed by atoms with van der Waals surface area (Å²) in [6.45, 7) is 2.61. The average molecular weight is 239 g/mol. The second-order valence-corrected chi connectivity index (χ2v) is 4.30. The van der Waals surface area contributed by atoms with Crippen LogP contribution in [0.15, 0.2) is 0 Å². The third-order valence-electron chi connectivity index (χ3n) is 2.96. The molecule has 0 aromatic rings. The van der Waals surface area contributed by atoms with Crippen molar-refractivity contribution in [2.75, 3.05) is 13.1 Å². The van der Waals surface area contributed by atoms with Crippen LogP contribution in [-0.4, -0.2) is 41.3 Å². The first kappa shape index (κ1) is 13.3.